The number of thiocarbonyl (C=S) groups is 1. The van der Waals surface area contributed by atoms with Crippen molar-refractivity contribution in [3.8, 4) is 0 Å². The fraction of sp³-hybridized carbons (Fsp3) is 0. The van der Waals surface area contributed by atoms with E-state index in [2.05, 4.69) is 5.43 Å². The summed E-state index contributed by atoms with van der Waals surface area (Å²) in [5.74, 6) is -3.32. The predicted molar refractivity (Wildman–Crippen MR) is 102 cm³/mol. The number of nitrogens with one attached hydrogen (secondary N) is 1. The highest BCUT2D eigenvalue weighted by Gasteiger charge is 2.34. The van der Waals surface area contributed by atoms with E-state index in [4.69, 9.17) is 12.2 Å². The molecule has 0 radical (unpaired) electrons. The topological polar surface area (TPSA) is 86.7 Å². The minimum absolute atomic E-state index is 0.0261. The molecule has 1 aliphatic rings. The van der Waals surface area contributed by atoms with E-state index in [1.54, 1.807) is 18.2 Å². The Balaban J connectivity index is 1.85. The molecule has 27 heavy (non-hydrogen) atoms. The summed E-state index contributed by atoms with van der Waals surface area (Å²) in [4.78, 5) is 36.2. The van der Waals surface area contributed by atoms with Gasteiger partial charge in [0.05, 0.1) is 16.0 Å². The van der Waals surface area contributed by atoms with Gasteiger partial charge in [-0.15, -0.1) is 0 Å². The number of aromatic carboxylic acids is 1. The molecule has 0 unspecified atom stereocenters. The number of carbonyl (C=O) groups is 3. The van der Waals surface area contributed by atoms with E-state index in [1.807, 2.05) is 0 Å². The fourth-order valence-electron chi connectivity index (χ4n) is 2.33. The lowest BCUT2D eigenvalue weighted by atomic mass is 10.1. The van der Waals surface area contributed by atoms with Crippen molar-refractivity contribution in [2.45, 2.75) is 0 Å². The number of hydrazine groups is 1. The largest absolute Gasteiger partial charge is 0.478 e. The third kappa shape index (κ3) is 3.88. The van der Waals surface area contributed by atoms with Crippen molar-refractivity contribution >= 4 is 52.2 Å². The average molecular weight is 402 g/mol. The minimum Gasteiger partial charge on any atom is -0.478 e. The predicted octanol–water partition coefficient (Wildman–Crippen LogP) is 3.07. The van der Waals surface area contributed by atoms with Gasteiger partial charge in [-0.2, -0.15) is 5.01 Å². The summed E-state index contributed by atoms with van der Waals surface area (Å²) in [6.07, 6.45) is 1.39. The van der Waals surface area contributed by atoms with Gasteiger partial charge < -0.3 is 5.11 Å². The van der Waals surface area contributed by atoms with Gasteiger partial charge in [0.2, 0.25) is 0 Å². The molecule has 2 amide bonds. The van der Waals surface area contributed by atoms with E-state index in [-0.39, 0.29) is 20.4 Å². The van der Waals surface area contributed by atoms with E-state index < -0.39 is 23.6 Å². The van der Waals surface area contributed by atoms with Crippen LogP contribution in [-0.4, -0.2) is 32.2 Å². The molecule has 1 saturated heterocycles. The molecule has 2 N–H and O–H groups in total. The molecule has 9 heteroatoms. The van der Waals surface area contributed by atoms with Crippen LogP contribution in [0.5, 0.6) is 0 Å². The number of carbonyl (C=O) groups excluding carboxylic acids is 2. The second-order valence-corrected chi connectivity index (χ2v) is 7.01. The first kappa shape index (κ1) is 18.7. The molecule has 2 aromatic carbocycles. The quantitative estimate of drug-likeness (QED) is 0.604. The number of amides is 2. The molecule has 0 saturated carbocycles. The number of halogens is 1. The minimum atomic E-state index is -1.13. The van der Waals surface area contributed by atoms with Gasteiger partial charge in [-0.1, -0.05) is 42.1 Å². The van der Waals surface area contributed by atoms with Gasteiger partial charge in [0, 0.05) is 0 Å². The first-order valence-electron chi connectivity index (χ1n) is 7.54. The highest BCUT2D eigenvalue weighted by molar-refractivity contribution is 8.26. The highest BCUT2D eigenvalue weighted by Crippen LogP contribution is 2.32. The average Bonchev–Trinajstić information content (AvgIpc) is 2.89. The maximum Gasteiger partial charge on any atom is 0.336 e. The molecule has 3 rings (SSSR count). The van der Waals surface area contributed by atoms with Gasteiger partial charge >= 0.3 is 5.97 Å². The summed E-state index contributed by atoms with van der Waals surface area (Å²) >= 11 is 6.00. The molecular formula is C18H11FN2O4S2. The van der Waals surface area contributed by atoms with Crippen LogP contribution < -0.4 is 5.43 Å². The van der Waals surface area contributed by atoms with Gasteiger partial charge in [0.15, 0.2) is 4.32 Å². The van der Waals surface area contributed by atoms with E-state index in [9.17, 15) is 23.9 Å². The molecule has 2 aromatic rings. The molecule has 136 valence electrons. The smallest absolute Gasteiger partial charge is 0.336 e. The summed E-state index contributed by atoms with van der Waals surface area (Å²) in [5, 5.41) is 10.1. The molecule has 0 atom stereocenters. The fourth-order valence-corrected chi connectivity index (χ4v) is 3.50. The molecule has 1 heterocycles. The van der Waals surface area contributed by atoms with Crippen LogP contribution in [-0.2, 0) is 4.79 Å². The lowest BCUT2D eigenvalue weighted by molar-refractivity contribution is -0.123. The van der Waals surface area contributed by atoms with Gasteiger partial charge in [-0.3, -0.25) is 15.0 Å². The molecule has 1 fully saturated rings. The number of thioether (sulfide) groups is 1. The summed E-state index contributed by atoms with van der Waals surface area (Å²) in [7, 11) is 0. The Bertz CT molecular complexity index is 1010. The van der Waals surface area contributed by atoms with Crippen LogP contribution in [0.1, 0.15) is 26.3 Å². The Kier molecular flexibility index (Phi) is 5.33. The van der Waals surface area contributed by atoms with Gasteiger partial charge in [0.25, 0.3) is 11.8 Å². The van der Waals surface area contributed by atoms with E-state index >= 15 is 0 Å². The Hall–Kier alpha value is -3.04. The highest BCUT2D eigenvalue weighted by atomic mass is 32.2. The van der Waals surface area contributed by atoms with Crippen LogP contribution in [0.3, 0.4) is 0 Å². The Morgan fingerprint density at radius 3 is 2.41 bits per heavy atom. The Morgan fingerprint density at radius 2 is 1.74 bits per heavy atom. The summed E-state index contributed by atoms with van der Waals surface area (Å²) < 4.78 is 13.8. The van der Waals surface area contributed by atoms with Gasteiger partial charge in [-0.25, -0.2) is 9.18 Å². The van der Waals surface area contributed by atoms with Crippen LogP contribution in [0, 0.1) is 5.82 Å². The number of benzene rings is 2. The first-order chi connectivity index (χ1) is 12.9. The molecule has 1 aliphatic heterocycles. The van der Waals surface area contributed by atoms with Crippen LogP contribution in [0.25, 0.3) is 6.08 Å². The normalized spacial score (nSPS) is 15.3. The Morgan fingerprint density at radius 1 is 1.11 bits per heavy atom. The van der Waals surface area contributed by atoms with E-state index in [0.717, 1.165) is 22.8 Å². The number of carboxylic acids is 1. The van der Waals surface area contributed by atoms with Crippen molar-refractivity contribution in [2.24, 2.45) is 0 Å². The maximum atomic E-state index is 13.7. The number of hydrogen-bond acceptors (Lipinski definition) is 5. The van der Waals surface area contributed by atoms with Crippen molar-refractivity contribution in [2.75, 3.05) is 0 Å². The van der Waals surface area contributed by atoms with Crippen molar-refractivity contribution in [3.63, 3.8) is 0 Å². The lowest BCUT2D eigenvalue weighted by Crippen LogP contribution is -2.45. The number of nitrogens with zero attached hydrogens (tertiary/aromatic N) is 1. The summed E-state index contributed by atoms with van der Waals surface area (Å²) in [6, 6.07) is 11.5. The summed E-state index contributed by atoms with van der Waals surface area (Å²) in [5.41, 5.74) is 2.40. The molecule has 0 aromatic heterocycles. The summed E-state index contributed by atoms with van der Waals surface area (Å²) in [6.45, 7) is 0. The lowest BCUT2D eigenvalue weighted by Gasteiger charge is -2.15. The van der Waals surface area contributed by atoms with Crippen LogP contribution in [0.4, 0.5) is 4.39 Å². The van der Waals surface area contributed by atoms with Crippen molar-refractivity contribution in [1.82, 2.24) is 10.4 Å². The number of hydrogen-bond donors (Lipinski definition) is 2. The SMILES string of the molecule is O=C(NN1C(=O)/C(=C\c2ccccc2C(=O)O)SC1=S)c1ccccc1F. The third-order valence-corrected chi connectivity index (χ3v) is 4.91. The van der Waals surface area contributed by atoms with Gasteiger partial charge in [-0.05, 0) is 42.1 Å². The van der Waals surface area contributed by atoms with Gasteiger partial charge in [0.1, 0.15) is 5.82 Å². The standard InChI is InChI=1S/C18H11FN2O4S2/c19-13-8-4-3-7-12(13)15(22)20-21-16(23)14(27-18(21)26)9-10-5-1-2-6-11(10)17(24)25/h1-9H,(H,20,22)(H,24,25)/b14-9+. The maximum absolute atomic E-state index is 13.7. The molecule has 6 nitrogen and oxygen atoms in total. The zero-order chi connectivity index (χ0) is 19.6. The van der Waals surface area contributed by atoms with E-state index in [1.165, 1.54) is 30.3 Å². The monoisotopic (exact) mass is 402 g/mol. The number of rotatable bonds is 4. The van der Waals surface area contributed by atoms with Crippen molar-refractivity contribution < 1.29 is 23.9 Å². The van der Waals surface area contributed by atoms with Crippen LogP contribution in [0.2, 0.25) is 0 Å². The van der Waals surface area contributed by atoms with Crippen LogP contribution in [0.15, 0.2) is 53.4 Å². The molecular weight excluding hydrogens is 391 g/mol. The third-order valence-electron chi connectivity index (χ3n) is 3.60. The van der Waals surface area contributed by atoms with Crippen molar-refractivity contribution in [3.05, 3.63) is 75.9 Å². The molecule has 0 bridgehead atoms. The zero-order valence-corrected chi connectivity index (χ0v) is 15.1. The Labute approximate surface area is 162 Å². The molecule has 0 spiro atoms. The van der Waals surface area contributed by atoms with Crippen molar-refractivity contribution in [1.29, 1.82) is 0 Å². The first-order valence-corrected chi connectivity index (χ1v) is 8.76. The van der Waals surface area contributed by atoms with E-state index in [0.29, 0.717) is 5.56 Å². The van der Waals surface area contributed by atoms with Crippen LogP contribution >= 0.6 is 24.0 Å². The zero-order valence-electron chi connectivity index (χ0n) is 13.5. The second kappa shape index (κ2) is 7.68. The second-order valence-electron chi connectivity index (χ2n) is 5.33. The molecule has 0 aliphatic carbocycles. The number of carboxylic acid groups (broad SMARTS) is 1.